The van der Waals surface area contributed by atoms with Crippen LogP contribution in [0.3, 0.4) is 0 Å². The van der Waals surface area contributed by atoms with E-state index in [1.165, 1.54) is 64.2 Å². The third-order valence-corrected chi connectivity index (χ3v) is 6.83. The first kappa shape index (κ1) is 24.2. The molecule has 1 fully saturated rings. The number of unbranched alkanes of at least 4 members (excludes halogenated alkanes) is 4. The highest BCUT2D eigenvalue weighted by Crippen LogP contribution is 2.32. The lowest BCUT2D eigenvalue weighted by molar-refractivity contribution is 0.177. The second-order valence-electron chi connectivity index (χ2n) is 9.38. The summed E-state index contributed by atoms with van der Waals surface area (Å²) in [6.07, 6.45) is 18.7. The van der Waals surface area contributed by atoms with Gasteiger partial charge in [0, 0.05) is 5.56 Å². The second-order valence-corrected chi connectivity index (χ2v) is 9.38. The van der Waals surface area contributed by atoms with Crippen LogP contribution in [0.2, 0.25) is 0 Å². The summed E-state index contributed by atoms with van der Waals surface area (Å²) in [5.74, 6) is 2.95. The average molecular weight is 434 g/mol. The molecule has 0 unspecified atom stereocenters. The quantitative estimate of drug-likeness (QED) is 0.325. The van der Waals surface area contributed by atoms with E-state index in [9.17, 15) is 5.26 Å². The van der Waals surface area contributed by atoms with Crippen molar-refractivity contribution in [3.63, 3.8) is 0 Å². The van der Waals surface area contributed by atoms with Gasteiger partial charge in [0.2, 0.25) is 0 Å². The molecule has 0 aliphatic heterocycles. The van der Waals surface area contributed by atoms with Crippen molar-refractivity contribution in [2.45, 2.75) is 90.9 Å². The molecule has 0 N–H and O–H groups in total. The first-order valence-corrected chi connectivity index (χ1v) is 12.7. The molecule has 3 rings (SSSR count). The van der Waals surface area contributed by atoms with Crippen LogP contribution in [0.5, 0.6) is 5.75 Å². The zero-order chi connectivity index (χ0) is 22.6. The summed E-state index contributed by atoms with van der Waals surface area (Å²) in [5.41, 5.74) is 2.73. The van der Waals surface area contributed by atoms with Gasteiger partial charge in [-0.05, 0) is 49.1 Å². The molecule has 0 saturated heterocycles. The van der Waals surface area contributed by atoms with Crippen molar-refractivity contribution in [1.82, 2.24) is 9.97 Å². The highest BCUT2D eigenvalue weighted by molar-refractivity contribution is 5.59. The summed E-state index contributed by atoms with van der Waals surface area (Å²) >= 11 is 0. The number of rotatable bonds is 12. The molecular formula is C28H39N3O. The van der Waals surface area contributed by atoms with Crippen LogP contribution in [-0.4, -0.2) is 16.6 Å². The zero-order valence-electron chi connectivity index (χ0n) is 20.0. The van der Waals surface area contributed by atoms with Crippen LogP contribution in [0.25, 0.3) is 11.4 Å². The van der Waals surface area contributed by atoms with Gasteiger partial charge in [0.05, 0.1) is 30.6 Å². The molecule has 0 amide bonds. The molecule has 0 atom stereocenters. The third kappa shape index (κ3) is 7.33. The van der Waals surface area contributed by atoms with E-state index in [2.05, 4.69) is 36.0 Å². The Morgan fingerprint density at radius 1 is 0.938 bits per heavy atom. The molecule has 1 aliphatic carbocycles. The van der Waals surface area contributed by atoms with Crippen LogP contribution < -0.4 is 4.74 Å². The highest BCUT2D eigenvalue weighted by Gasteiger charge is 2.21. The third-order valence-electron chi connectivity index (χ3n) is 6.83. The van der Waals surface area contributed by atoms with Gasteiger partial charge in [0.15, 0.2) is 11.6 Å². The van der Waals surface area contributed by atoms with E-state index in [0.717, 1.165) is 47.8 Å². The minimum Gasteiger partial charge on any atom is -0.490 e. The number of hydrogen-bond donors (Lipinski definition) is 0. The molecular weight excluding hydrogens is 394 g/mol. The fourth-order valence-electron chi connectivity index (χ4n) is 4.73. The van der Waals surface area contributed by atoms with E-state index >= 15 is 0 Å². The first-order valence-electron chi connectivity index (χ1n) is 12.7. The molecule has 172 valence electrons. The van der Waals surface area contributed by atoms with Crippen molar-refractivity contribution in [3.05, 3.63) is 41.7 Å². The van der Waals surface area contributed by atoms with Crippen molar-refractivity contribution in [3.8, 4) is 23.2 Å². The summed E-state index contributed by atoms with van der Waals surface area (Å²) in [4.78, 5) is 9.00. The fraction of sp³-hybridized carbons (Fsp3) is 0.607. The van der Waals surface area contributed by atoms with Crippen molar-refractivity contribution < 1.29 is 4.74 Å². The van der Waals surface area contributed by atoms with Crippen molar-refractivity contribution in [1.29, 1.82) is 5.26 Å². The van der Waals surface area contributed by atoms with Crippen LogP contribution in [0.1, 0.15) is 95.6 Å². The molecule has 1 aromatic carbocycles. The molecule has 1 saturated carbocycles. The van der Waals surface area contributed by atoms with Crippen molar-refractivity contribution in [2.75, 3.05) is 6.61 Å². The van der Waals surface area contributed by atoms with Gasteiger partial charge in [0.1, 0.15) is 0 Å². The lowest BCUT2D eigenvalue weighted by Gasteiger charge is -2.28. The predicted molar refractivity (Wildman–Crippen MR) is 130 cm³/mol. The Labute approximate surface area is 194 Å². The van der Waals surface area contributed by atoms with E-state index < -0.39 is 0 Å². The summed E-state index contributed by atoms with van der Waals surface area (Å²) in [5, 5.41) is 9.54. The minimum atomic E-state index is 0.640. The Morgan fingerprint density at radius 2 is 1.62 bits per heavy atom. The van der Waals surface area contributed by atoms with Gasteiger partial charge in [-0.1, -0.05) is 77.3 Å². The Bertz CT molecular complexity index is 848. The van der Waals surface area contributed by atoms with Gasteiger partial charge < -0.3 is 4.74 Å². The maximum Gasteiger partial charge on any atom is 0.159 e. The molecule has 2 aromatic rings. The van der Waals surface area contributed by atoms with Gasteiger partial charge in [-0.2, -0.15) is 5.26 Å². The van der Waals surface area contributed by atoms with Crippen LogP contribution >= 0.6 is 0 Å². The van der Waals surface area contributed by atoms with Crippen molar-refractivity contribution in [2.24, 2.45) is 11.8 Å². The molecule has 32 heavy (non-hydrogen) atoms. The topological polar surface area (TPSA) is 58.8 Å². The van der Waals surface area contributed by atoms with Crippen LogP contribution in [0.4, 0.5) is 0 Å². The number of aromatic nitrogens is 2. The Morgan fingerprint density at radius 3 is 2.31 bits per heavy atom. The molecule has 0 spiro atoms. The zero-order valence-corrected chi connectivity index (χ0v) is 20.0. The van der Waals surface area contributed by atoms with E-state index in [0.29, 0.717) is 11.7 Å². The molecule has 1 heterocycles. The second kappa shape index (κ2) is 13.2. The number of aryl methyl sites for hydroxylation is 1. The SMILES string of the molecule is CCCCCc1ccc(-c2ncc(OC[C@H]3CC[C@H](CCCCC)CC3)cn2)cc1C#N. The number of nitrogens with zero attached hydrogens (tertiary/aromatic N) is 3. The predicted octanol–water partition coefficient (Wildman–Crippen LogP) is 7.51. The van der Waals surface area contributed by atoms with Crippen molar-refractivity contribution >= 4 is 0 Å². The largest absolute Gasteiger partial charge is 0.490 e. The monoisotopic (exact) mass is 433 g/mol. The summed E-state index contributed by atoms with van der Waals surface area (Å²) in [6.45, 7) is 5.23. The first-order chi connectivity index (χ1) is 15.7. The van der Waals surface area contributed by atoms with Gasteiger partial charge in [-0.15, -0.1) is 0 Å². The standard InChI is InChI=1S/C28H39N3O/c1-3-5-7-9-22-11-13-23(14-12-22)21-32-27-19-30-28(31-20-27)25-16-15-24(10-8-6-4-2)26(17-25)18-29/h15-17,19-20,22-23H,3-14,21H2,1-2H3/t22-,23-. The average Bonchev–Trinajstić information content (AvgIpc) is 2.84. The van der Waals surface area contributed by atoms with E-state index in [1.807, 2.05) is 12.1 Å². The molecule has 0 radical (unpaired) electrons. The van der Waals surface area contributed by atoms with E-state index in [-0.39, 0.29) is 0 Å². The number of nitriles is 1. The smallest absolute Gasteiger partial charge is 0.159 e. The normalized spacial score (nSPS) is 18.3. The molecule has 0 bridgehead atoms. The summed E-state index contributed by atoms with van der Waals surface area (Å²) in [6, 6.07) is 8.33. The molecule has 1 aromatic heterocycles. The molecule has 4 nitrogen and oxygen atoms in total. The van der Waals surface area contributed by atoms with Crippen LogP contribution in [-0.2, 0) is 6.42 Å². The number of benzene rings is 1. The number of ether oxygens (including phenoxy) is 1. The molecule has 1 aliphatic rings. The maximum atomic E-state index is 9.54. The minimum absolute atomic E-state index is 0.640. The van der Waals surface area contributed by atoms with Gasteiger partial charge in [-0.25, -0.2) is 9.97 Å². The Balaban J connectivity index is 1.48. The Hall–Kier alpha value is -2.41. The van der Waals surface area contributed by atoms with Crippen LogP contribution in [0, 0.1) is 23.2 Å². The van der Waals surface area contributed by atoms with Gasteiger partial charge in [0.25, 0.3) is 0 Å². The Kier molecular flexibility index (Phi) is 10.0. The fourth-order valence-corrected chi connectivity index (χ4v) is 4.73. The van der Waals surface area contributed by atoms with Gasteiger partial charge >= 0.3 is 0 Å². The van der Waals surface area contributed by atoms with Gasteiger partial charge in [-0.3, -0.25) is 0 Å². The van der Waals surface area contributed by atoms with E-state index in [4.69, 9.17) is 4.74 Å². The summed E-state index contributed by atoms with van der Waals surface area (Å²) < 4.78 is 6.01. The summed E-state index contributed by atoms with van der Waals surface area (Å²) in [7, 11) is 0. The maximum absolute atomic E-state index is 9.54. The highest BCUT2D eigenvalue weighted by atomic mass is 16.5. The number of hydrogen-bond acceptors (Lipinski definition) is 4. The lowest BCUT2D eigenvalue weighted by Crippen LogP contribution is -2.20. The van der Waals surface area contributed by atoms with E-state index in [1.54, 1.807) is 12.4 Å². The van der Waals surface area contributed by atoms with Crippen LogP contribution in [0.15, 0.2) is 30.6 Å². The molecule has 4 heteroatoms. The lowest BCUT2D eigenvalue weighted by atomic mass is 9.80.